The van der Waals surface area contributed by atoms with Crippen molar-refractivity contribution in [2.45, 2.75) is 69.6 Å². The first-order valence-corrected chi connectivity index (χ1v) is 13.1. The van der Waals surface area contributed by atoms with Gasteiger partial charge in [0.25, 0.3) is 0 Å². The quantitative estimate of drug-likeness (QED) is 0.292. The molecule has 1 aliphatic rings. The first kappa shape index (κ1) is 29.4. The Morgan fingerprint density at radius 1 is 0.949 bits per heavy atom. The molecule has 3 amide bonds. The minimum absolute atomic E-state index is 0.0690. The van der Waals surface area contributed by atoms with Gasteiger partial charge in [-0.05, 0) is 60.9 Å². The zero-order valence-electron chi connectivity index (χ0n) is 21.8. The second-order valence-corrected chi connectivity index (χ2v) is 9.69. The van der Waals surface area contributed by atoms with Gasteiger partial charge in [-0.3, -0.25) is 19.2 Å². The maximum Gasteiger partial charge on any atom is 0.307 e. The molecule has 208 valence electrons. The monoisotopic (exact) mass is 536 g/mol. The molecule has 39 heavy (non-hydrogen) atoms. The highest BCUT2D eigenvalue weighted by atomic mass is 16.4. The molecule has 0 bridgehead atoms. The van der Waals surface area contributed by atoms with E-state index >= 15 is 0 Å². The van der Waals surface area contributed by atoms with Crippen LogP contribution in [0, 0.1) is 0 Å². The van der Waals surface area contributed by atoms with Gasteiger partial charge in [-0.25, -0.2) is 0 Å². The molecule has 0 aromatic heterocycles. The van der Waals surface area contributed by atoms with Crippen LogP contribution in [0.2, 0.25) is 0 Å². The lowest BCUT2D eigenvalue weighted by Crippen LogP contribution is -2.50. The van der Waals surface area contributed by atoms with Gasteiger partial charge in [-0.1, -0.05) is 48.6 Å². The van der Waals surface area contributed by atoms with Crippen LogP contribution in [0.15, 0.2) is 60.7 Å². The van der Waals surface area contributed by atoms with E-state index in [1.54, 1.807) is 36.4 Å². The summed E-state index contributed by atoms with van der Waals surface area (Å²) >= 11 is 0. The molecular formula is C29H36N4O6. The standard InChI is InChI=1S/C29H36N4O6/c30-24-9-3-1-2-4-10-25(29(39)31-18-21-8-6-5-7-20(21)16-27(36)37)33-26(35)17-22(32-28(24)38)15-19-11-13-23(34)14-12-19/h1-2,5-8,11-14,22,24-25,34H,3-4,9-10,15-18,30H2,(H,31,39)(H,32,38)(H,33,35)(H,36,37)/b2-1-/t22-,24-,25-/m0/s1. The van der Waals surface area contributed by atoms with Crippen molar-refractivity contribution < 1.29 is 29.4 Å². The summed E-state index contributed by atoms with van der Waals surface area (Å²) in [5.41, 5.74) is 8.17. The molecule has 2 aromatic carbocycles. The molecule has 10 heteroatoms. The number of rotatable bonds is 7. The number of amides is 3. The predicted molar refractivity (Wildman–Crippen MR) is 146 cm³/mol. The minimum atomic E-state index is -0.964. The Balaban J connectivity index is 1.72. The van der Waals surface area contributed by atoms with Crippen molar-refractivity contribution in [3.63, 3.8) is 0 Å². The van der Waals surface area contributed by atoms with Crippen LogP contribution in [0.4, 0.5) is 0 Å². The van der Waals surface area contributed by atoms with Crippen molar-refractivity contribution in [3.8, 4) is 5.75 Å². The molecule has 0 aliphatic carbocycles. The molecular weight excluding hydrogens is 500 g/mol. The molecule has 1 aliphatic heterocycles. The SMILES string of the molecule is N[C@H]1CC/C=C\CC[C@@H](C(=O)NCc2ccccc2CC(=O)O)NC(=O)C[C@H](Cc2ccc(O)cc2)NC1=O. The van der Waals surface area contributed by atoms with Gasteiger partial charge < -0.3 is 31.9 Å². The summed E-state index contributed by atoms with van der Waals surface area (Å²) in [7, 11) is 0. The fourth-order valence-corrected chi connectivity index (χ4v) is 4.42. The Morgan fingerprint density at radius 3 is 2.31 bits per heavy atom. The third-order valence-corrected chi connectivity index (χ3v) is 6.53. The zero-order chi connectivity index (χ0) is 28.2. The van der Waals surface area contributed by atoms with E-state index in [9.17, 15) is 24.3 Å². The maximum atomic E-state index is 13.1. The third-order valence-electron chi connectivity index (χ3n) is 6.53. The lowest BCUT2D eigenvalue weighted by molar-refractivity contribution is -0.136. The summed E-state index contributed by atoms with van der Waals surface area (Å²) in [5.74, 6) is -1.99. The van der Waals surface area contributed by atoms with Gasteiger partial charge in [0, 0.05) is 19.0 Å². The van der Waals surface area contributed by atoms with Crippen LogP contribution in [-0.4, -0.2) is 52.0 Å². The number of allylic oxidation sites excluding steroid dienone is 2. The van der Waals surface area contributed by atoms with Gasteiger partial charge in [-0.15, -0.1) is 0 Å². The Morgan fingerprint density at radius 2 is 1.62 bits per heavy atom. The number of phenolic OH excluding ortho intramolecular Hbond substituents is 1. The Bertz CT molecular complexity index is 1180. The molecule has 0 fully saturated rings. The molecule has 0 spiro atoms. The normalized spacial score (nSPS) is 21.6. The predicted octanol–water partition coefficient (Wildman–Crippen LogP) is 1.70. The molecule has 3 atom stereocenters. The van der Waals surface area contributed by atoms with Gasteiger partial charge >= 0.3 is 5.97 Å². The van der Waals surface area contributed by atoms with E-state index < -0.39 is 30.0 Å². The Kier molecular flexibility index (Phi) is 11.1. The summed E-state index contributed by atoms with van der Waals surface area (Å²) in [6, 6.07) is 11.4. The Labute approximate surface area is 227 Å². The number of hydrogen-bond donors (Lipinski definition) is 6. The average molecular weight is 537 g/mol. The van der Waals surface area contributed by atoms with E-state index in [0.29, 0.717) is 43.2 Å². The number of phenols is 1. The van der Waals surface area contributed by atoms with Crippen molar-refractivity contribution in [1.82, 2.24) is 16.0 Å². The Hall–Kier alpha value is -4.18. The highest BCUT2D eigenvalue weighted by Gasteiger charge is 2.25. The maximum absolute atomic E-state index is 13.1. The summed E-state index contributed by atoms with van der Waals surface area (Å²) in [5, 5.41) is 27.2. The van der Waals surface area contributed by atoms with Gasteiger partial charge in [-0.2, -0.15) is 0 Å². The number of aromatic hydroxyl groups is 1. The molecule has 2 aromatic rings. The van der Waals surface area contributed by atoms with Crippen molar-refractivity contribution in [2.24, 2.45) is 5.73 Å². The summed E-state index contributed by atoms with van der Waals surface area (Å²) in [6.07, 6.45) is 5.86. The number of nitrogens with one attached hydrogen (secondary N) is 3. The summed E-state index contributed by atoms with van der Waals surface area (Å²) in [6.45, 7) is 0.127. The second kappa shape index (κ2) is 14.7. The number of nitrogens with two attached hydrogens (primary N) is 1. The molecule has 0 saturated carbocycles. The first-order chi connectivity index (χ1) is 18.7. The van der Waals surface area contributed by atoms with Crippen LogP contribution >= 0.6 is 0 Å². The van der Waals surface area contributed by atoms with Crippen molar-refractivity contribution in [1.29, 1.82) is 0 Å². The van der Waals surface area contributed by atoms with Crippen LogP contribution in [0.3, 0.4) is 0 Å². The van der Waals surface area contributed by atoms with Crippen molar-refractivity contribution >= 4 is 23.7 Å². The van der Waals surface area contributed by atoms with E-state index in [1.165, 1.54) is 12.1 Å². The van der Waals surface area contributed by atoms with E-state index in [4.69, 9.17) is 10.8 Å². The molecule has 0 saturated heterocycles. The highest BCUT2D eigenvalue weighted by Crippen LogP contribution is 2.14. The van der Waals surface area contributed by atoms with Crippen LogP contribution in [0.25, 0.3) is 0 Å². The molecule has 0 radical (unpaired) electrons. The van der Waals surface area contributed by atoms with Gasteiger partial charge in [0.1, 0.15) is 11.8 Å². The fourth-order valence-electron chi connectivity index (χ4n) is 4.42. The second-order valence-electron chi connectivity index (χ2n) is 9.69. The number of carbonyl (C=O) groups is 4. The fraction of sp³-hybridized carbons (Fsp3) is 0.379. The van der Waals surface area contributed by atoms with Crippen LogP contribution in [0.1, 0.15) is 48.8 Å². The topological polar surface area (TPSA) is 171 Å². The number of carboxylic acid groups (broad SMARTS) is 1. The molecule has 0 unspecified atom stereocenters. The summed E-state index contributed by atoms with van der Waals surface area (Å²) in [4.78, 5) is 50.1. The van der Waals surface area contributed by atoms with Gasteiger partial charge in [0.15, 0.2) is 0 Å². The number of benzene rings is 2. The average Bonchev–Trinajstić information content (AvgIpc) is 2.89. The van der Waals surface area contributed by atoms with Gasteiger partial charge in [0.2, 0.25) is 17.7 Å². The third kappa shape index (κ3) is 9.90. The first-order valence-electron chi connectivity index (χ1n) is 13.1. The summed E-state index contributed by atoms with van der Waals surface area (Å²) < 4.78 is 0. The smallest absolute Gasteiger partial charge is 0.307 e. The lowest BCUT2D eigenvalue weighted by atomic mass is 10.0. The van der Waals surface area contributed by atoms with Crippen LogP contribution in [-0.2, 0) is 38.6 Å². The van der Waals surface area contributed by atoms with Crippen LogP contribution in [0.5, 0.6) is 5.75 Å². The molecule has 7 N–H and O–H groups in total. The number of carbonyl (C=O) groups excluding carboxylic acids is 3. The van der Waals surface area contributed by atoms with E-state index in [2.05, 4.69) is 16.0 Å². The number of aliphatic carboxylic acids is 1. The number of carboxylic acids is 1. The molecule has 3 rings (SSSR count). The van der Waals surface area contributed by atoms with Crippen molar-refractivity contribution in [3.05, 3.63) is 77.4 Å². The van der Waals surface area contributed by atoms with Crippen LogP contribution < -0.4 is 21.7 Å². The highest BCUT2D eigenvalue weighted by molar-refractivity contribution is 5.88. The largest absolute Gasteiger partial charge is 0.508 e. The molecule has 10 nitrogen and oxygen atoms in total. The van der Waals surface area contributed by atoms with E-state index in [1.807, 2.05) is 12.2 Å². The molecule has 1 heterocycles. The van der Waals surface area contributed by atoms with Crippen molar-refractivity contribution in [2.75, 3.05) is 0 Å². The van der Waals surface area contributed by atoms with E-state index in [0.717, 1.165) is 5.56 Å². The number of hydrogen-bond acceptors (Lipinski definition) is 6. The zero-order valence-corrected chi connectivity index (χ0v) is 21.8. The minimum Gasteiger partial charge on any atom is -0.508 e. The van der Waals surface area contributed by atoms with E-state index in [-0.39, 0.29) is 37.0 Å². The lowest BCUT2D eigenvalue weighted by Gasteiger charge is -2.23. The van der Waals surface area contributed by atoms with Gasteiger partial charge in [0.05, 0.1) is 12.5 Å².